The van der Waals surface area contributed by atoms with Crippen LogP contribution in [0.2, 0.25) is 0 Å². The smallest absolute Gasteiger partial charge is 0.168 e. The first-order chi connectivity index (χ1) is 12.0. The van der Waals surface area contributed by atoms with E-state index < -0.39 is 12.2 Å². The van der Waals surface area contributed by atoms with E-state index in [0.717, 1.165) is 11.1 Å². The van der Waals surface area contributed by atoms with Crippen LogP contribution in [0.1, 0.15) is 57.5 Å². The number of ketones is 1. The number of allylic oxidation sites excluding steroid dienone is 1. The molecule has 0 amide bonds. The van der Waals surface area contributed by atoms with Crippen LogP contribution in [0.5, 0.6) is 11.5 Å². The number of aromatic hydroxyl groups is 2. The molecule has 3 aliphatic rings. The van der Waals surface area contributed by atoms with Crippen molar-refractivity contribution in [3.05, 3.63) is 58.1 Å². The molecule has 0 saturated heterocycles. The molecule has 3 atom stereocenters. The van der Waals surface area contributed by atoms with Crippen molar-refractivity contribution < 1.29 is 25.2 Å². The van der Waals surface area contributed by atoms with Gasteiger partial charge in [0.1, 0.15) is 11.5 Å². The number of phenols is 2. The number of benzene rings is 2. The van der Waals surface area contributed by atoms with E-state index in [1.165, 1.54) is 12.1 Å². The minimum atomic E-state index is -0.950. The van der Waals surface area contributed by atoms with Gasteiger partial charge in [-0.05, 0) is 40.0 Å². The zero-order valence-electron chi connectivity index (χ0n) is 13.2. The lowest BCUT2D eigenvalue weighted by Crippen LogP contribution is -2.22. The van der Waals surface area contributed by atoms with E-state index in [-0.39, 0.29) is 41.6 Å². The van der Waals surface area contributed by atoms with Gasteiger partial charge >= 0.3 is 0 Å². The molecule has 4 N–H and O–H groups in total. The quantitative estimate of drug-likeness (QED) is 0.592. The molecule has 25 heavy (non-hydrogen) atoms. The Kier molecular flexibility index (Phi) is 2.77. The second-order valence-corrected chi connectivity index (χ2v) is 6.94. The highest BCUT2D eigenvalue weighted by atomic mass is 16.3. The first-order valence-corrected chi connectivity index (χ1v) is 8.31. The summed E-state index contributed by atoms with van der Waals surface area (Å²) in [7, 11) is 0. The molecule has 3 aliphatic carbocycles. The maximum absolute atomic E-state index is 12.6. The van der Waals surface area contributed by atoms with Crippen LogP contribution in [-0.2, 0) is 0 Å². The summed E-state index contributed by atoms with van der Waals surface area (Å²) in [4.78, 5) is 12.6. The molecule has 126 valence electrons. The van der Waals surface area contributed by atoms with Gasteiger partial charge in [-0.15, -0.1) is 0 Å². The Morgan fingerprint density at radius 1 is 0.880 bits per heavy atom. The van der Waals surface area contributed by atoms with Gasteiger partial charge in [-0.2, -0.15) is 0 Å². The van der Waals surface area contributed by atoms with E-state index in [2.05, 4.69) is 0 Å². The first kappa shape index (κ1) is 14.7. The van der Waals surface area contributed by atoms with Gasteiger partial charge in [0.2, 0.25) is 0 Å². The molecule has 5 nitrogen and oxygen atoms in total. The lowest BCUT2D eigenvalue weighted by Gasteiger charge is -2.29. The summed E-state index contributed by atoms with van der Waals surface area (Å²) in [5.41, 5.74) is 4.34. The van der Waals surface area contributed by atoms with Crippen LogP contribution in [0.4, 0.5) is 0 Å². The van der Waals surface area contributed by atoms with Gasteiger partial charge in [-0.1, -0.05) is 18.2 Å². The highest BCUT2D eigenvalue weighted by Gasteiger charge is 2.46. The van der Waals surface area contributed by atoms with Crippen molar-refractivity contribution >= 4 is 16.9 Å². The maximum Gasteiger partial charge on any atom is 0.168 e. The van der Waals surface area contributed by atoms with Gasteiger partial charge in [0.15, 0.2) is 5.78 Å². The van der Waals surface area contributed by atoms with Crippen molar-refractivity contribution in [3.63, 3.8) is 0 Å². The van der Waals surface area contributed by atoms with E-state index in [4.69, 9.17) is 0 Å². The fourth-order valence-corrected chi connectivity index (χ4v) is 4.71. The van der Waals surface area contributed by atoms with Crippen molar-refractivity contribution in [2.45, 2.75) is 31.0 Å². The number of rotatable bonds is 0. The number of carbonyl (C=O) groups excluding carboxylic acids is 1. The summed E-state index contributed by atoms with van der Waals surface area (Å²) in [6, 6.07) is 8.26. The van der Waals surface area contributed by atoms with Crippen molar-refractivity contribution in [1.82, 2.24) is 0 Å². The third-order valence-electron chi connectivity index (χ3n) is 5.65. The zero-order chi connectivity index (χ0) is 17.5. The number of aliphatic hydroxyl groups is 2. The molecule has 5 rings (SSSR count). The number of hydrogen-bond donors (Lipinski definition) is 4. The van der Waals surface area contributed by atoms with E-state index in [9.17, 15) is 25.2 Å². The third-order valence-corrected chi connectivity index (χ3v) is 5.65. The summed E-state index contributed by atoms with van der Waals surface area (Å²) in [5.74, 6) is -0.431. The van der Waals surface area contributed by atoms with Crippen LogP contribution in [0.25, 0.3) is 11.1 Å². The Labute approximate surface area is 143 Å². The second kappa shape index (κ2) is 4.71. The summed E-state index contributed by atoms with van der Waals surface area (Å²) in [5, 5.41) is 41.4. The molecular weight excluding hydrogens is 320 g/mol. The molecule has 0 radical (unpaired) electrons. The van der Waals surface area contributed by atoms with Crippen LogP contribution in [0.3, 0.4) is 0 Å². The molecular formula is C20H16O5. The van der Waals surface area contributed by atoms with Gasteiger partial charge in [-0.3, -0.25) is 4.79 Å². The van der Waals surface area contributed by atoms with Crippen LogP contribution in [-0.4, -0.2) is 32.3 Å². The fourth-order valence-electron chi connectivity index (χ4n) is 4.71. The van der Waals surface area contributed by atoms with Crippen molar-refractivity contribution in [2.24, 2.45) is 0 Å². The predicted octanol–water partition coefficient (Wildman–Crippen LogP) is 2.49. The second-order valence-electron chi connectivity index (χ2n) is 6.94. The van der Waals surface area contributed by atoms with Crippen LogP contribution < -0.4 is 0 Å². The number of fused-ring (bicyclic) bond motifs is 4. The van der Waals surface area contributed by atoms with Gasteiger partial charge in [0.25, 0.3) is 0 Å². The Bertz CT molecular complexity index is 988. The third kappa shape index (κ3) is 1.72. The Hall–Kier alpha value is -2.63. The molecule has 2 aromatic rings. The molecule has 0 spiro atoms. The molecule has 0 bridgehead atoms. The molecule has 5 heteroatoms. The Morgan fingerprint density at radius 3 is 2.48 bits per heavy atom. The van der Waals surface area contributed by atoms with E-state index in [1.54, 1.807) is 18.2 Å². The summed E-state index contributed by atoms with van der Waals surface area (Å²) < 4.78 is 0. The number of phenolic OH excluding ortho intramolecular Hbond substituents is 2. The minimum Gasteiger partial charge on any atom is -0.508 e. The summed E-state index contributed by atoms with van der Waals surface area (Å²) in [6.07, 6.45) is -1.54. The van der Waals surface area contributed by atoms with E-state index in [0.29, 0.717) is 22.3 Å². The molecule has 2 aromatic carbocycles. The summed E-state index contributed by atoms with van der Waals surface area (Å²) in [6.45, 7) is 0. The minimum absolute atomic E-state index is 0.00245. The zero-order valence-corrected chi connectivity index (χ0v) is 13.2. The van der Waals surface area contributed by atoms with Crippen molar-refractivity contribution in [3.8, 4) is 11.5 Å². The fraction of sp³-hybridized carbons (Fsp3) is 0.250. The first-order valence-electron chi connectivity index (χ1n) is 8.31. The lowest BCUT2D eigenvalue weighted by atomic mass is 9.77. The average Bonchev–Trinajstić information content (AvgIpc) is 2.88. The molecule has 0 unspecified atom stereocenters. The lowest BCUT2D eigenvalue weighted by molar-refractivity contribution is 0.0970. The standard InChI is InChI=1S/C20H16O5/c21-11-3-1-2-9-16-10(6-13(23)17(9)11)8-4-5-12(22)19-14(24)7-15(25)20(16)18(8)19/h1-5,10,14-15,21-22,24-25H,6-7H2/t10-,14-,15-/m1/s1. The molecule has 0 saturated carbocycles. The largest absolute Gasteiger partial charge is 0.508 e. The normalized spacial score (nSPS) is 26.3. The molecule has 0 aliphatic heterocycles. The van der Waals surface area contributed by atoms with E-state index >= 15 is 0 Å². The van der Waals surface area contributed by atoms with Crippen LogP contribution >= 0.6 is 0 Å². The van der Waals surface area contributed by atoms with Crippen molar-refractivity contribution in [2.75, 3.05) is 0 Å². The average molecular weight is 336 g/mol. The molecule has 0 fully saturated rings. The monoisotopic (exact) mass is 336 g/mol. The van der Waals surface area contributed by atoms with Crippen molar-refractivity contribution in [1.29, 1.82) is 0 Å². The van der Waals surface area contributed by atoms with Gasteiger partial charge in [0, 0.05) is 24.3 Å². The predicted molar refractivity (Wildman–Crippen MR) is 90.3 cm³/mol. The van der Waals surface area contributed by atoms with Gasteiger partial charge in [0.05, 0.1) is 17.8 Å². The van der Waals surface area contributed by atoms with Crippen LogP contribution in [0.15, 0.2) is 30.3 Å². The van der Waals surface area contributed by atoms with Gasteiger partial charge < -0.3 is 20.4 Å². The maximum atomic E-state index is 12.6. The summed E-state index contributed by atoms with van der Waals surface area (Å²) >= 11 is 0. The Balaban J connectivity index is 1.90. The SMILES string of the molecule is O=C1C[C@H]2C(=C3c4c2ccc(O)c4[C@H](O)C[C@H]3O)c2cccc(O)c21. The number of Topliss-reactive ketones (excluding diaryl/α,β-unsaturated/α-hetero) is 1. The highest BCUT2D eigenvalue weighted by Crippen LogP contribution is 2.59. The van der Waals surface area contributed by atoms with Crippen LogP contribution in [0, 0.1) is 0 Å². The number of aliphatic hydroxyl groups excluding tert-OH is 2. The topological polar surface area (TPSA) is 98.0 Å². The highest BCUT2D eigenvalue weighted by molar-refractivity contribution is 6.14. The van der Waals surface area contributed by atoms with Gasteiger partial charge in [-0.25, -0.2) is 0 Å². The number of carbonyl (C=O) groups is 1. The Morgan fingerprint density at radius 2 is 1.68 bits per heavy atom. The van der Waals surface area contributed by atoms with E-state index in [1.807, 2.05) is 0 Å². The number of hydrogen-bond acceptors (Lipinski definition) is 5. The molecule has 0 heterocycles. The molecule has 0 aromatic heterocycles.